The van der Waals surface area contributed by atoms with Crippen molar-refractivity contribution in [2.24, 2.45) is 0 Å². The Morgan fingerprint density at radius 2 is 2.19 bits per heavy atom. The molecule has 0 aliphatic heterocycles. The molecule has 26 heavy (non-hydrogen) atoms. The zero-order valence-electron chi connectivity index (χ0n) is 13.6. The second-order valence-electron chi connectivity index (χ2n) is 5.73. The molecular weight excluding hydrogens is 377 g/mol. The van der Waals surface area contributed by atoms with Crippen molar-refractivity contribution in [1.82, 2.24) is 0 Å². The van der Waals surface area contributed by atoms with Crippen LogP contribution in [-0.2, 0) is 11.4 Å². The molecule has 1 atom stereocenters. The number of nitriles is 1. The van der Waals surface area contributed by atoms with Crippen LogP contribution in [0.2, 0.25) is 5.02 Å². The molecule has 0 saturated carbocycles. The van der Waals surface area contributed by atoms with Crippen LogP contribution in [0.3, 0.4) is 0 Å². The first-order chi connectivity index (χ1) is 12.4. The van der Waals surface area contributed by atoms with E-state index < -0.39 is 17.7 Å². The number of carboxylic acid groups (broad SMARTS) is 1. The van der Waals surface area contributed by atoms with Crippen molar-refractivity contribution in [2.45, 2.75) is 19.4 Å². The molecule has 4 nitrogen and oxygen atoms in total. The molecule has 1 unspecified atom stereocenters. The van der Waals surface area contributed by atoms with E-state index in [-0.39, 0.29) is 11.6 Å². The summed E-state index contributed by atoms with van der Waals surface area (Å²) in [7, 11) is 0. The number of benzene rings is 2. The predicted octanol–water partition coefficient (Wildman–Crippen LogP) is 5.33. The summed E-state index contributed by atoms with van der Waals surface area (Å²) < 4.78 is 19.6. The second kappa shape index (κ2) is 7.32. The van der Waals surface area contributed by atoms with Crippen molar-refractivity contribution in [3.8, 4) is 11.8 Å². The molecule has 0 saturated heterocycles. The highest BCUT2D eigenvalue weighted by Crippen LogP contribution is 2.37. The lowest BCUT2D eigenvalue weighted by atomic mass is 9.97. The molecule has 0 fully saturated rings. The molecule has 0 spiro atoms. The van der Waals surface area contributed by atoms with Gasteiger partial charge in [0.2, 0.25) is 0 Å². The lowest BCUT2D eigenvalue weighted by Crippen LogP contribution is -2.07. The zero-order chi connectivity index (χ0) is 18.8. The summed E-state index contributed by atoms with van der Waals surface area (Å²) in [6.45, 7) is 1.71. The van der Waals surface area contributed by atoms with Crippen LogP contribution >= 0.6 is 22.9 Å². The van der Waals surface area contributed by atoms with Crippen LogP contribution < -0.4 is 4.74 Å². The van der Waals surface area contributed by atoms with Gasteiger partial charge in [0.15, 0.2) is 0 Å². The number of rotatable bonds is 5. The van der Waals surface area contributed by atoms with Crippen molar-refractivity contribution >= 4 is 39.0 Å². The Morgan fingerprint density at radius 1 is 1.42 bits per heavy atom. The van der Waals surface area contributed by atoms with Gasteiger partial charge in [-0.3, -0.25) is 4.79 Å². The maximum absolute atomic E-state index is 13.1. The molecule has 3 rings (SSSR count). The molecule has 7 heteroatoms. The molecule has 1 N–H and O–H groups in total. The maximum atomic E-state index is 13.1. The zero-order valence-corrected chi connectivity index (χ0v) is 15.2. The Kier molecular flexibility index (Phi) is 5.12. The Labute approximate surface area is 158 Å². The highest BCUT2D eigenvalue weighted by molar-refractivity contribution is 7.17. The minimum atomic E-state index is -0.945. The van der Waals surface area contributed by atoms with Crippen molar-refractivity contribution in [3.63, 3.8) is 0 Å². The van der Waals surface area contributed by atoms with Crippen LogP contribution in [0.25, 0.3) is 10.1 Å². The minimum absolute atomic E-state index is 0.124. The summed E-state index contributed by atoms with van der Waals surface area (Å²) in [5.74, 6) is -1.61. The molecule has 0 amide bonds. The van der Waals surface area contributed by atoms with Crippen molar-refractivity contribution in [2.75, 3.05) is 0 Å². The van der Waals surface area contributed by atoms with Gasteiger partial charge >= 0.3 is 5.97 Å². The van der Waals surface area contributed by atoms with Crippen molar-refractivity contribution in [3.05, 3.63) is 63.2 Å². The molecule has 0 radical (unpaired) electrons. The number of ether oxygens (including phenoxy) is 1. The second-order valence-corrected chi connectivity index (χ2v) is 7.05. The smallest absolute Gasteiger partial charge is 0.310 e. The van der Waals surface area contributed by atoms with Gasteiger partial charge in [-0.2, -0.15) is 5.26 Å². The number of fused-ring (bicyclic) bond motifs is 1. The third-order valence-electron chi connectivity index (χ3n) is 4.04. The molecule has 132 valence electrons. The Hall–Kier alpha value is -2.62. The summed E-state index contributed by atoms with van der Waals surface area (Å²) in [4.78, 5) is 11.3. The van der Waals surface area contributed by atoms with Gasteiger partial charge in [0, 0.05) is 15.6 Å². The third-order valence-corrected chi connectivity index (χ3v) is 5.34. The largest absolute Gasteiger partial charge is 0.489 e. The normalized spacial score (nSPS) is 11.9. The van der Waals surface area contributed by atoms with E-state index in [1.165, 1.54) is 23.5 Å². The number of nitrogens with zero attached hydrogens (tertiary/aromatic N) is 1. The summed E-state index contributed by atoms with van der Waals surface area (Å²) >= 11 is 7.35. The molecule has 2 aromatic carbocycles. The van der Waals surface area contributed by atoms with Gasteiger partial charge in [-0.25, -0.2) is 4.39 Å². The van der Waals surface area contributed by atoms with Crippen LogP contribution in [-0.4, -0.2) is 11.1 Å². The van der Waals surface area contributed by atoms with Gasteiger partial charge in [-0.15, -0.1) is 11.3 Å². The van der Waals surface area contributed by atoms with E-state index in [1.807, 2.05) is 0 Å². The van der Waals surface area contributed by atoms with Crippen molar-refractivity contribution < 1.29 is 19.0 Å². The SMILES string of the molecule is CC(C(=O)O)c1csc2cc(OCc3ccc(F)cc3Cl)cc(C#N)c12. The molecule has 3 aromatic rings. The maximum Gasteiger partial charge on any atom is 0.310 e. The first-order valence-electron chi connectivity index (χ1n) is 7.65. The number of thiophene rings is 1. The molecular formula is C19H13ClFNO3S. The number of aliphatic carboxylic acids is 1. The molecule has 0 aliphatic rings. The van der Waals surface area contributed by atoms with Gasteiger partial charge in [0.05, 0.1) is 22.6 Å². The Bertz CT molecular complexity index is 1040. The average Bonchev–Trinajstić information content (AvgIpc) is 3.03. The van der Waals surface area contributed by atoms with E-state index in [0.29, 0.717) is 27.8 Å². The predicted molar refractivity (Wildman–Crippen MR) is 98.3 cm³/mol. The Morgan fingerprint density at radius 3 is 2.85 bits per heavy atom. The van der Waals surface area contributed by atoms with E-state index in [9.17, 15) is 19.6 Å². The van der Waals surface area contributed by atoms with Crippen LogP contribution in [0.5, 0.6) is 5.75 Å². The lowest BCUT2D eigenvalue weighted by molar-refractivity contribution is -0.138. The van der Waals surface area contributed by atoms with Crippen LogP contribution in [0.1, 0.15) is 29.5 Å². The number of hydrogen-bond donors (Lipinski definition) is 1. The van der Waals surface area contributed by atoms with E-state index in [1.54, 1.807) is 30.5 Å². The third kappa shape index (κ3) is 3.50. The van der Waals surface area contributed by atoms with Crippen molar-refractivity contribution in [1.29, 1.82) is 5.26 Å². The van der Waals surface area contributed by atoms with Gasteiger partial charge in [0.25, 0.3) is 0 Å². The van der Waals surface area contributed by atoms with E-state index in [4.69, 9.17) is 16.3 Å². The average molecular weight is 390 g/mol. The number of carboxylic acids is 1. The highest BCUT2D eigenvalue weighted by Gasteiger charge is 2.21. The van der Waals surface area contributed by atoms with Gasteiger partial charge in [0.1, 0.15) is 18.2 Å². The Balaban J connectivity index is 1.93. The van der Waals surface area contributed by atoms with Gasteiger partial charge in [-0.05, 0) is 42.1 Å². The topological polar surface area (TPSA) is 70.3 Å². The summed E-state index contributed by atoms with van der Waals surface area (Å²) in [5.41, 5.74) is 1.59. The lowest BCUT2D eigenvalue weighted by Gasteiger charge is -2.10. The molecule has 0 bridgehead atoms. The number of hydrogen-bond acceptors (Lipinski definition) is 4. The van der Waals surface area contributed by atoms with Gasteiger partial charge in [-0.1, -0.05) is 17.7 Å². The fourth-order valence-electron chi connectivity index (χ4n) is 2.59. The first kappa shape index (κ1) is 18.2. The van der Waals surface area contributed by atoms with E-state index in [2.05, 4.69) is 6.07 Å². The molecule has 0 aliphatic carbocycles. The summed E-state index contributed by atoms with van der Waals surface area (Å²) in [6.07, 6.45) is 0. The number of halogens is 2. The van der Waals surface area contributed by atoms with Crippen LogP contribution in [0.15, 0.2) is 35.7 Å². The van der Waals surface area contributed by atoms with Crippen LogP contribution in [0, 0.1) is 17.1 Å². The minimum Gasteiger partial charge on any atom is -0.489 e. The quantitative estimate of drug-likeness (QED) is 0.640. The first-order valence-corrected chi connectivity index (χ1v) is 8.91. The standard InChI is InChI=1S/C19H13ClFNO3S/c1-10(19(23)24)15-9-26-17-6-14(4-12(7-22)18(15)17)25-8-11-2-3-13(21)5-16(11)20/h2-6,9-10H,8H2,1H3,(H,23,24). The highest BCUT2D eigenvalue weighted by atomic mass is 35.5. The van der Waals surface area contributed by atoms with E-state index in [0.717, 1.165) is 4.70 Å². The van der Waals surface area contributed by atoms with Crippen LogP contribution in [0.4, 0.5) is 4.39 Å². The number of carbonyl (C=O) groups is 1. The molecule has 1 heterocycles. The van der Waals surface area contributed by atoms with Gasteiger partial charge < -0.3 is 9.84 Å². The summed E-state index contributed by atoms with van der Waals surface area (Å²) in [6, 6.07) is 9.49. The monoisotopic (exact) mass is 389 g/mol. The fourth-order valence-corrected chi connectivity index (χ4v) is 3.92. The summed E-state index contributed by atoms with van der Waals surface area (Å²) in [5, 5.41) is 21.4. The molecule has 1 aromatic heterocycles. The fraction of sp³-hybridized carbons (Fsp3) is 0.158. The van der Waals surface area contributed by atoms with E-state index >= 15 is 0 Å².